The van der Waals surface area contributed by atoms with Gasteiger partial charge in [0.2, 0.25) is 5.75 Å². The van der Waals surface area contributed by atoms with Gasteiger partial charge in [-0.25, -0.2) is 0 Å². The second-order valence-corrected chi connectivity index (χ2v) is 5.28. The molecule has 0 aliphatic heterocycles. The van der Waals surface area contributed by atoms with E-state index in [0.29, 0.717) is 17.2 Å². The molecule has 1 aromatic rings. The van der Waals surface area contributed by atoms with Gasteiger partial charge in [0.25, 0.3) is 0 Å². The van der Waals surface area contributed by atoms with Crippen LogP contribution in [-0.2, 0) is 4.79 Å². The average Bonchev–Trinajstić information content (AvgIpc) is 2.40. The number of methoxy groups -OCH3 is 2. The van der Waals surface area contributed by atoms with Gasteiger partial charge in [-0.2, -0.15) is 0 Å². The maximum absolute atomic E-state index is 11.9. The summed E-state index contributed by atoms with van der Waals surface area (Å²) >= 11 is 3.31. The standard InChI is InChI=1S/C14H19BrO4/c1-5-6-10(15)14(16)19-13-11(17-3)7-9(2)8-12(13)18-4/h7-8,10H,5-6H2,1-4H3. The fraction of sp³-hybridized carbons (Fsp3) is 0.500. The molecule has 5 heteroatoms. The lowest BCUT2D eigenvalue weighted by molar-refractivity contribution is -0.133. The molecular formula is C14H19BrO4. The smallest absolute Gasteiger partial charge is 0.325 e. The molecule has 0 bridgehead atoms. The average molecular weight is 331 g/mol. The van der Waals surface area contributed by atoms with Crippen LogP contribution in [0.15, 0.2) is 12.1 Å². The van der Waals surface area contributed by atoms with E-state index < -0.39 is 0 Å². The van der Waals surface area contributed by atoms with Crippen molar-refractivity contribution in [1.29, 1.82) is 0 Å². The zero-order chi connectivity index (χ0) is 14.4. The van der Waals surface area contributed by atoms with E-state index in [1.807, 2.05) is 13.8 Å². The first-order chi connectivity index (χ1) is 9.03. The highest BCUT2D eigenvalue weighted by Gasteiger charge is 2.21. The van der Waals surface area contributed by atoms with Gasteiger partial charge < -0.3 is 14.2 Å². The molecule has 0 aromatic heterocycles. The van der Waals surface area contributed by atoms with Crippen molar-refractivity contribution in [1.82, 2.24) is 0 Å². The Hall–Kier alpha value is -1.23. The van der Waals surface area contributed by atoms with E-state index in [4.69, 9.17) is 14.2 Å². The summed E-state index contributed by atoms with van der Waals surface area (Å²) in [6.07, 6.45) is 1.61. The minimum atomic E-state index is -0.345. The molecule has 1 rings (SSSR count). The first-order valence-corrected chi connectivity index (χ1v) is 7.03. The van der Waals surface area contributed by atoms with Crippen LogP contribution in [0.2, 0.25) is 0 Å². The molecule has 0 radical (unpaired) electrons. The Bertz CT molecular complexity index is 420. The SMILES string of the molecule is CCCC(Br)C(=O)Oc1c(OC)cc(C)cc1OC. The molecule has 1 unspecified atom stereocenters. The Morgan fingerprint density at radius 3 is 2.21 bits per heavy atom. The highest BCUT2D eigenvalue weighted by molar-refractivity contribution is 9.10. The number of ether oxygens (including phenoxy) is 3. The highest BCUT2D eigenvalue weighted by atomic mass is 79.9. The number of rotatable bonds is 6. The fourth-order valence-corrected chi connectivity index (χ4v) is 2.20. The highest BCUT2D eigenvalue weighted by Crippen LogP contribution is 2.38. The molecule has 0 spiro atoms. The molecule has 1 aromatic carbocycles. The molecule has 0 N–H and O–H groups in total. The van der Waals surface area contributed by atoms with Crippen molar-refractivity contribution in [3.8, 4) is 17.2 Å². The van der Waals surface area contributed by atoms with Crippen molar-refractivity contribution in [2.45, 2.75) is 31.5 Å². The lowest BCUT2D eigenvalue weighted by atomic mass is 10.2. The number of esters is 1. The number of hydrogen-bond donors (Lipinski definition) is 0. The summed E-state index contributed by atoms with van der Waals surface area (Å²) in [4.78, 5) is 11.6. The third kappa shape index (κ3) is 4.13. The number of carbonyl (C=O) groups is 1. The predicted octanol–water partition coefficient (Wildman–Crippen LogP) is 3.48. The predicted molar refractivity (Wildman–Crippen MR) is 77.5 cm³/mol. The van der Waals surface area contributed by atoms with Gasteiger partial charge in [-0.1, -0.05) is 29.3 Å². The van der Waals surface area contributed by atoms with Crippen LogP contribution in [0.25, 0.3) is 0 Å². The van der Waals surface area contributed by atoms with Crippen LogP contribution in [0.5, 0.6) is 17.2 Å². The normalized spacial score (nSPS) is 11.8. The lowest BCUT2D eigenvalue weighted by Gasteiger charge is -2.15. The van der Waals surface area contributed by atoms with Gasteiger partial charge in [0.15, 0.2) is 11.5 Å². The van der Waals surface area contributed by atoms with Gasteiger partial charge in [0.05, 0.1) is 14.2 Å². The van der Waals surface area contributed by atoms with Crippen molar-refractivity contribution >= 4 is 21.9 Å². The molecule has 1 atom stereocenters. The van der Waals surface area contributed by atoms with E-state index >= 15 is 0 Å². The molecule has 0 fully saturated rings. The van der Waals surface area contributed by atoms with Gasteiger partial charge in [-0.15, -0.1) is 0 Å². The van der Waals surface area contributed by atoms with E-state index in [2.05, 4.69) is 15.9 Å². The van der Waals surface area contributed by atoms with Crippen molar-refractivity contribution in [3.05, 3.63) is 17.7 Å². The van der Waals surface area contributed by atoms with Gasteiger partial charge in [0.1, 0.15) is 4.83 Å². The Morgan fingerprint density at radius 1 is 1.26 bits per heavy atom. The van der Waals surface area contributed by atoms with Crippen molar-refractivity contribution in [2.24, 2.45) is 0 Å². The van der Waals surface area contributed by atoms with E-state index in [-0.39, 0.29) is 10.8 Å². The second kappa shape index (κ2) is 7.38. The van der Waals surface area contributed by atoms with Gasteiger partial charge in [-0.05, 0) is 31.0 Å². The van der Waals surface area contributed by atoms with Gasteiger partial charge >= 0.3 is 5.97 Å². The number of halogens is 1. The van der Waals surface area contributed by atoms with Crippen molar-refractivity contribution in [2.75, 3.05) is 14.2 Å². The number of alkyl halides is 1. The number of hydrogen-bond acceptors (Lipinski definition) is 4. The summed E-state index contributed by atoms with van der Waals surface area (Å²) in [6.45, 7) is 3.93. The molecule has 0 saturated heterocycles. The molecule has 0 heterocycles. The minimum Gasteiger partial charge on any atom is -0.493 e. The van der Waals surface area contributed by atoms with E-state index in [1.165, 1.54) is 14.2 Å². The van der Waals surface area contributed by atoms with Crippen LogP contribution in [-0.4, -0.2) is 25.0 Å². The molecule has 0 aliphatic carbocycles. The van der Waals surface area contributed by atoms with Crippen LogP contribution in [0.4, 0.5) is 0 Å². The number of benzene rings is 1. The Morgan fingerprint density at radius 2 is 1.79 bits per heavy atom. The first kappa shape index (κ1) is 15.8. The summed E-state index contributed by atoms with van der Waals surface area (Å²) in [6, 6.07) is 3.60. The van der Waals surface area contributed by atoms with Gasteiger partial charge in [-0.3, -0.25) is 4.79 Å². The molecule has 4 nitrogen and oxygen atoms in total. The van der Waals surface area contributed by atoms with Gasteiger partial charge in [0, 0.05) is 0 Å². The maximum Gasteiger partial charge on any atom is 0.325 e. The van der Waals surface area contributed by atoms with Crippen LogP contribution in [0, 0.1) is 6.92 Å². The molecule has 0 amide bonds. The van der Waals surface area contributed by atoms with Crippen LogP contribution >= 0.6 is 15.9 Å². The molecule has 19 heavy (non-hydrogen) atoms. The number of carbonyl (C=O) groups excluding carboxylic acids is 1. The third-order valence-electron chi connectivity index (χ3n) is 2.61. The Labute approximate surface area is 122 Å². The minimum absolute atomic E-state index is 0.321. The Balaban J connectivity index is 3.02. The Kier molecular flexibility index (Phi) is 6.15. The monoisotopic (exact) mass is 330 g/mol. The van der Waals surface area contributed by atoms with Crippen molar-refractivity contribution < 1.29 is 19.0 Å². The fourth-order valence-electron chi connectivity index (χ4n) is 1.65. The van der Waals surface area contributed by atoms with E-state index in [0.717, 1.165) is 18.4 Å². The molecule has 0 aliphatic rings. The van der Waals surface area contributed by atoms with Crippen LogP contribution < -0.4 is 14.2 Å². The largest absolute Gasteiger partial charge is 0.493 e. The summed E-state index contributed by atoms with van der Waals surface area (Å²) in [5, 5.41) is 0. The molecule has 106 valence electrons. The molecular weight excluding hydrogens is 312 g/mol. The lowest BCUT2D eigenvalue weighted by Crippen LogP contribution is -2.20. The number of aryl methyl sites for hydroxylation is 1. The van der Waals surface area contributed by atoms with Crippen LogP contribution in [0.1, 0.15) is 25.3 Å². The van der Waals surface area contributed by atoms with E-state index in [1.54, 1.807) is 12.1 Å². The summed E-state index contributed by atoms with van der Waals surface area (Å²) < 4.78 is 15.9. The van der Waals surface area contributed by atoms with Crippen molar-refractivity contribution in [3.63, 3.8) is 0 Å². The van der Waals surface area contributed by atoms with Crippen LogP contribution in [0.3, 0.4) is 0 Å². The zero-order valence-electron chi connectivity index (χ0n) is 11.7. The van der Waals surface area contributed by atoms with E-state index in [9.17, 15) is 4.79 Å². The summed E-state index contributed by atoms with van der Waals surface area (Å²) in [5.41, 5.74) is 0.970. The summed E-state index contributed by atoms with van der Waals surface area (Å²) in [5.74, 6) is 0.950. The maximum atomic E-state index is 11.9. The summed E-state index contributed by atoms with van der Waals surface area (Å²) in [7, 11) is 3.06. The third-order valence-corrected chi connectivity index (χ3v) is 3.44. The molecule has 0 saturated carbocycles. The first-order valence-electron chi connectivity index (χ1n) is 6.11. The zero-order valence-corrected chi connectivity index (χ0v) is 13.2. The topological polar surface area (TPSA) is 44.8 Å². The second-order valence-electron chi connectivity index (χ2n) is 4.18. The quantitative estimate of drug-likeness (QED) is 0.455.